The zero-order chi connectivity index (χ0) is 25.0. The quantitative estimate of drug-likeness (QED) is 0.580. The number of aromatic nitrogens is 1. The average molecular weight is 495 g/mol. The summed E-state index contributed by atoms with van der Waals surface area (Å²) in [5.74, 6) is -5.87. The number of benzene rings is 1. The second-order valence-corrected chi connectivity index (χ2v) is 8.33. The van der Waals surface area contributed by atoms with Gasteiger partial charge >= 0.3 is 12.1 Å². The Balaban J connectivity index is 1.98. The first-order chi connectivity index (χ1) is 15.0. The van der Waals surface area contributed by atoms with Crippen LogP contribution in [0.4, 0.5) is 32.0 Å². The van der Waals surface area contributed by atoms with Crippen LogP contribution >= 0.6 is 11.6 Å². The van der Waals surface area contributed by atoms with Crippen LogP contribution in [-0.4, -0.2) is 28.4 Å². The number of anilines is 1. The molecule has 0 spiro atoms. The van der Waals surface area contributed by atoms with Gasteiger partial charge in [0.15, 0.2) is 0 Å². The Kier molecular flexibility index (Phi) is 5.81. The van der Waals surface area contributed by atoms with Crippen LogP contribution in [0.5, 0.6) is 0 Å². The molecule has 0 radical (unpaired) electrons. The van der Waals surface area contributed by atoms with Gasteiger partial charge in [-0.2, -0.15) is 22.0 Å². The van der Waals surface area contributed by atoms with E-state index in [2.05, 4.69) is 15.3 Å². The maximum absolute atomic E-state index is 15.3. The molecule has 0 aliphatic carbocycles. The van der Waals surface area contributed by atoms with Crippen molar-refractivity contribution in [2.24, 2.45) is 10.7 Å². The second kappa shape index (κ2) is 7.79. The van der Waals surface area contributed by atoms with Crippen LogP contribution in [0.15, 0.2) is 35.5 Å². The van der Waals surface area contributed by atoms with E-state index in [9.17, 15) is 22.4 Å². The summed E-state index contributed by atoms with van der Waals surface area (Å²) >= 11 is 5.75. The largest absolute Gasteiger partial charge is 0.448 e. The average Bonchev–Trinajstić information content (AvgIpc) is 2.66. The van der Waals surface area contributed by atoms with E-state index in [0.29, 0.717) is 12.3 Å². The minimum absolute atomic E-state index is 0.173. The van der Waals surface area contributed by atoms with Crippen molar-refractivity contribution >= 4 is 29.2 Å². The van der Waals surface area contributed by atoms with Crippen LogP contribution in [0.3, 0.4) is 0 Å². The number of halogens is 7. The molecule has 3 rings (SSSR count). The first kappa shape index (κ1) is 24.6. The smallest absolute Gasteiger partial charge is 0.417 e. The van der Waals surface area contributed by atoms with E-state index in [4.69, 9.17) is 22.1 Å². The van der Waals surface area contributed by atoms with Gasteiger partial charge in [0.2, 0.25) is 5.60 Å². The third-order valence-corrected chi connectivity index (χ3v) is 5.48. The van der Waals surface area contributed by atoms with Gasteiger partial charge in [0.25, 0.3) is 11.9 Å². The van der Waals surface area contributed by atoms with Gasteiger partial charge < -0.3 is 15.8 Å². The number of rotatable bonds is 3. The lowest BCUT2D eigenvalue weighted by Gasteiger charge is -2.47. The molecule has 0 saturated carbocycles. The molecule has 178 valence electrons. The van der Waals surface area contributed by atoms with Crippen molar-refractivity contribution in [1.82, 2.24) is 4.98 Å². The maximum atomic E-state index is 15.3. The fourth-order valence-corrected chi connectivity index (χ4v) is 3.62. The van der Waals surface area contributed by atoms with Crippen LogP contribution in [-0.2, 0) is 16.5 Å². The molecule has 0 saturated heterocycles. The SMILES string of the molecule is CC1(C)N=C(N)O[C@](C)(c2cc(NC(=O)c3ncc(C(F)(F)F)cc3Cl)ccc2F)C1(F)F. The van der Waals surface area contributed by atoms with E-state index < -0.39 is 62.8 Å². The molecule has 2 aromatic rings. The fraction of sp³-hybridized carbons (Fsp3) is 0.350. The molecule has 0 fully saturated rings. The van der Waals surface area contributed by atoms with Crippen LogP contribution in [0.2, 0.25) is 5.02 Å². The van der Waals surface area contributed by atoms with Crippen molar-refractivity contribution in [3.8, 4) is 0 Å². The summed E-state index contributed by atoms with van der Waals surface area (Å²) in [6, 6.07) is 2.70. The summed E-state index contributed by atoms with van der Waals surface area (Å²) in [6.45, 7) is 3.12. The number of carbonyl (C=O) groups excluding carboxylic acids is 1. The molecule has 33 heavy (non-hydrogen) atoms. The molecule has 0 bridgehead atoms. The van der Waals surface area contributed by atoms with Crippen molar-refractivity contribution < 1.29 is 35.9 Å². The number of amidine groups is 1. The number of nitrogens with two attached hydrogens (primary N) is 1. The minimum atomic E-state index is -4.73. The third kappa shape index (κ3) is 4.19. The van der Waals surface area contributed by atoms with E-state index >= 15 is 8.78 Å². The zero-order valence-corrected chi connectivity index (χ0v) is 18.1. The zero-order valence-electron chi connectivity index (χ0n) is 17.3. The van der Waals surface area contributed by atoms with Crippen LogP contribution < -0.4 is 11.1 Å². The monoisotopic (exact) mass is 494 g/mol. The fourth-order valence-electron chi connectivity index (χ4n) is 3.37. The number of ether oxygens (including phenoxy) is 1. The predicted octanol–water partition coefficient (Wildman–Crippen LogP) is 5.12. The second-order valence-electron chi connectivity index (χ2n) is 7.92. The molecule has 1 atom stereocenters. The molecule has 1 aromatic carbocycles. The van der Waals surface area contributed by atoms with E-state index in [1.165, 1.54) is 0 Å². The lowest BCUT2D eigenvalue weighted by molar-refractivity contribution is -0.215. The summed E-state index contributed by atoms with van der Waals surface area (Å²) in [6.07, 6.45) is -4.31. The van der Waals surface area contributed by atoms with Crippen LogP contribution in [0, 0.1) is 5.82 Å². The van der Waals surface area contributed by atoms with E-state index in [-0.39, 0.29) is 5.69 Å². The van der Waals surface area contributed by atoms with Gasteiger partial charge in [-0.25, -0.2) is 14.4 Å². The molecule has 1 aliphatic heterocycles. The van der Waals surface area contributed by atoms with Crippen molar-refractivity contribution in [2.75, 3.05) is 5.32 Å². The van der Waals surface area contributed by atoms with Crippen molar-refractivity contribution in [3.63, 3.8) is 0 Å². The highest BCUT2D eigenvalue weighted by atomic mass is 35.5. The van der Waals surface area contributed by atoms with Gasteiger partial charge in [-0.05, 0) is 45.0 Å². The molecule has 6 nitrogen and oxygen atoms in total. The molecule has 1 aliphatic rings. The molecular weight excluding hydrogens is 478 g/mol. The highest BCUT2D eigenvalue weighted by molar-refractivity contribution is 6.34. The first-order valence-electron chi connectivity index (χ1n) is 9.26. The molecule has 2 heterocycles. The summed E-state index contributed by atoms with van der Waals surface area (Å²) in [7, 11) is 0. The predicted molar refractivity (Wildman–Crippen MR) is 108 cm³/mol. The Labute approximate surface area is 188 Å². The Morgan fingerprint density at radius 2 is 1.82 bits per heavy atom. The summed E-state index contributed by atoms with van der Waals surface area (Å²) in [5, 5.41) is 1.65. The summed E-state index contributed by atoms with van der Waals surface area (Å²) in [5.41, 5.74) is -1.63. The molecule has 1 aromatic heterocycles. The number of hydrogen-bond acceptors (Lipinski definition) is 5. The Hall–Kier alpha value is -3.02. The number of hydrogen-bond donors (Lipinski definition) is 2. The Bertz CT molecular complexity index is 1150. The standard InChI is InChI=1S/C20H17ClF6N4O2/c1-17(2)20(26,27)18(3,33-16(28)31-17)11-7-10(4-5-13(11)22)30-15(32)14-12(21)6-9(8-29-14)19(23,24)25/h4-8H,1-3H3,(H2,28,31)(H,30,32)/t18-/m1/s1. The topological polar surface area (TPSA) is 89.6 Å². The van der Waals surface area contributed by atoms with E-state index in [1.807, 2.05) is 0 Å². The van der Waals surface area contributed by atoms with Crippen molar-refractivity contribution in [1.29, 1.82) is 0 Å². The molecule has 3 N–H and O–H groups in total. The lowest BCUT2D eigenvalue weighted by atomic mass is 9.78. The number of nitrogens with one attached hydrogen (secondary N) is 1. The highest BCUT2D eigenvalue weighted by Gasteiger charge is 2.66. The number of pyridine rings is 1. The van der Waals surface area contributed by atoms with Crippen molar-refractivity contribution in [3.05, 3.63) is 58.1 Å². The van der Waals surface area contributed by atoms with Gasteiger partial charge in [-0.1, -0.05) is 11.6 Å². The van der Waals surface area contributed by atoms with E-state index in [0.717, 1.165) is 39.0 Å². The van der Waals surface area contributed by atoms with Gasteiger partial charge in [0, 0.05) is 17.4 Å². The van der Waals surface area contributed by atoms with Gasteiger partial charge in [-0.15, -0.1) is 0 Å². The Morgan fingerprint density at radius 1 is 1.18 bits per heavy atom. The van der Waals surface area contributed by atoms with Gasteiger partial charge in [-0.3, -0.25) is 4.79 Å². The Morgan fingerprint density at radius 3 is 2.39 bits per heavy atom. The molecule has 1 amide bonds. The van der Waals surface area contributed by atoms with E-state index in [1.54, 1.807) is 0 Å². The van der Waals surface area contributed by atoms with Crippen molar-refractivity contribution in [2.45, 2.75) is 44.0 Å². The highest BCUT2D eigenvalue weighted by Crippen LogP contribution is 2.51. The number of amides is 1. The molecular formula is C20H17ClF6N4O2. The van der Waals surface area contributed by atoms with Gasteiger partial charge in [0.05, 0.1) is 10.6 Å². The lowest BCUT2D eigenvalue weighted by Crippen LogP contribution is -2.62. The third-order valence-electron chi connectivity index (χ3n) is 5.19. The molecule has 13 heteroatoms. The van der Waals surface area contributed by atoms with Gasteiger partial charge in [0.1, 0.15) is 17.1 Å². The summed E-state index contributed by atoms with van der Waals surface area (Å²) in [4.78, 5) is 19.5. The number of aliphatic imine (C=N–C) groups is 1. The first-order valence-corrected chi connectivity index (χ1v) is 9.63. The van der Waals surface area contributed by atoms with Crippen LogP contribution in [0.1, 0.15) is 42.4 Å². The number of nitrogens with zero attached hydrogens (tertiary/aromatic N) is 2. The normalized spacial score (nSPS) is 21.7. The molecule has 0 unspecified atom stereocenters. The maximum Gasteiger partial charge on any atom is 0.417 e. The summed E-state index contributed by atoms with van der Waals surface area (Å²) < 4.78 is 88.5. The number of carbonyl (C=O) groups is 1. The van der Waals surface area contributed by atoms with Crippen LogP contribution in [0.25, 0.3) is 0 Å². The minimum Gasteiger partial charge on any atom is -0.448 e. The number of alkyl halides is 5.